The minimum absolute atomic E-state index is 0.0729. The predicted molar refractivity (Wildman–Crippen MR) is 114 cm³/mol. The zero-order valence-electron chi connectivity index (χ0n) is 15.6. The van der Waals surface area contributed by atoms with Crippen molar-refractivity contribution in [3.8, 4) is 0 Å². The smallest absolute Gasteiger partial charge is 0.344 e. The van der Waals surface area contributed by atoms with Crippen molar-refractivity contribution in [2.24, 2.45) is 0 Å². The van der Waals surface area contributed by atoms with Gasteiger partial charge in [-0.15, -0.1) is 16.9 Å². The first kappa shape index (κ1) is 20.3. The fourth-order valence-corrected chi connectivity index (χ4v) is 4.04. The molecule has 0 saturated carbocycles. The summed E-state index contributed by atoms with van der Waals surface area (Å²) in [6.45, 7) is 3.08. The highest BCUT2D eigenvalue weighted by molar-refractivity contribution is 7.99. The van der Waals surface area contributed by atoms with Gasteiger partial charge in [-0.25, -0.2) is 9.89 Å². The Morgan fingerprint density at radius 1 is 1.11 bits per heavy atom. The quantitative estimate of drug-likeness (QED) is 0.416. The summed E-state index contributed by atoms with van der Waals surface area (Å²) in [5, 5.41) is 9.91. The molecule has 0 atom stereocenters. The second-order valence-corrected chi connectivity index (χ2v) is 8.29. The molecule has 146 valence electrons. The van der Waals surface area contributed by atoms with E-state index in [0.717, 1.165) is 11.3 Å². The van der Waals surface area contributed by atoms with Crippen molar-refractivity contribution in [2.75, 3.05) is 18.1 Å². The molecule has 2 aromatic carbocycles. The molecule has 28 heavy (non-hydrogen) atoms. The van der Waals surface area contributed by atoms with Crippen molar-refractivity contribution in [3.63, 3.8) is 0 Å². The number of hydrogen-bond donors (Lipinski definition) is 2. The van der Waals surface area contributed by atoms with Crippen LogP contribution in [0, 0.1) is 6.92 Å². The zero-order chi connectivity index (χ0) is 19.8. The number of hydrogen-bond acceptors (Lipinski definition) is 5. The SMILES string of the molecule is Cc1ccc(SCCNC(=O)CSc2n[nH]c(=O)n2Cc2ccccc2)cc1. The van der Waals surface area contributed by atoms with Crippen LogP contribution in [0.5, 0.6) is 0 Å². The Balaban J connectivity index is 1.43. The van der Waals surface area contributed by atoms with Gasteiger partial charge in [-0.2, -0.15) is 0 Å². The lowest BCUT2D eigenvalue weighted by molar-refractivity contribution is -0.118. The molecule has 0 saturated heterocycles. The van der Waals surface area contributed by atoms with Crippen molar-refractivity contribution in [1.29, 1.82) is 0 Å². The molecule has 1 aromatic heterocycles. The average Bonchev–Trinajstić information content (AvgIpc) is 3.05. The Morgan fingerprint density at radius 3 is 2.61 bits per heavy atom. The lowest BCUT2D eigenvalue weighted by Gasteiger charge is -2.07. The molecule has 6 nitrogen and oxygen atoms in total. The molecule has 0 fully saturated rings. The topological polar surface area (TPSA) is 79.8 Å². The number of rotatable bonds is 9. The molecular formula is C20H22N4O2S2. The Kier molecular flexibility index (Phi) is 7.39. The van der Waals surface area contributed by atoms with Gasteiger partial charge in [0.25, 0.3) is 0 Å². The maximum absolute atomic E-state index is 12.1. The number of benzene rings is 2. The molecule has 0 unspecified atom stereocenters. The minimum Gasteiger partial charge on any atom is -0.355 e. The highest BCUT2D eigenvalue weighted by Crippen LogP contribution is 2.17. The number of carbonyl (C=O) groups is 1. The van der Waals surface area contributed by atoms with Gasteiger partial charge in [-0.3, -0.25) is 9.36 Å². The normalized spacial score (nSPS) is 10.8. The van der Waals surface area contributed by atoms with E-state index in [4.69, 9.17) is 0 Å². The van der Waals surface area contributed by atoms with Crippen LogP contribution in [0.2, 0.25) is 0 Å². The van der Waals surface area contributed by atoms with E-state index in [0.29, 0.717) is 18.2 Å². The van der Waals surface area contributed by atoms with Crippen LogP contribution in [-0.2, 0) is 11.3 Å². The molecule has 0 bridgehead atoms. The maximum atomic E-state index is 12.1. The third-order valence-corrected chi connectivity index (χ3v) is 5.94. The number of aryl methyl sites for hydroxylation is 1. The fourth-order valence-electron chi connectivity index (χ4n) is 2.49. The van der Waals surface area contributed by atoms with Crippen molar-refractivity contribution >= 4 is 29.4 Å². The first-order valence-corrected chi connectivity index (χ1v) is 10.9. The van der Waals surface area contributed by atoms with Gasteiger partial charge in [0.2, 0.25) is 5.91 Å². The number of carbonyl (C=O) groups excluding carboxylic acids is 1. The van der Waals surface area contributed by atoms with Crippen LogP contribution >= 0.6 is 23.5 Å². The number of amides is 1. The van der Waals surface area contributed by atoms with Crippen LogP contribution in [0.4, 0.5) is 0 Å². The number of aromatic nitrogens is 3. The maximum Gasteiger partial charge on any atom is 0.344 e. The van der Waals surface area contributed by atoms with Gasteiger partial charge in [0.1, 0.15) is 0 Å². The van der Waals surface area contributed by atoms with Crippen LogP contribution in [0.15, 0.2) is 69.4 Å². The Morgan fingerprint density at radius 2 is 1.86 bits per heavy atom. The molecule has 3 rings (SSSR count). The number of thioether (sulfide) groups is 2. The fraction of sp³-hybridized carbons (Fsp3) is 0.250. The van der Waals surface area contributed by atoms with Crippen molar-refractivity contribution in [3.05, 3.63) is 76.2 Å². The summed E-state index contributed by atoms with van der Waals surface area (Å²) in [6.07, 6.45) is 0. The summed E-state index contributed by atoms with van der Waals surface area (Å²) in [7, 11) is 0. The highest BCUT2D eigenvalue weighted by Gasteiger charge is 2.11. The summed E-state index contributed by atoms with van der Waals surface area (Å²) in [4.78, 5) is 25.3. The third-order valence-electron chi connectivity index (χ3n) is 3.95. The van der Waals surface area contributed by atoms with Gasteiger partial charge in [-0.05, 0) is 24.6 Å². The molecule has 0 aliphatic heterocycles. The second kappa shape index (κ2) is 10.2. The molecule has 0 spiro atoms. The molecule has 8 heteroatoms. The Labute approximate surface area is 172 Å². The highest BCUT2D eigenvalue weighted by atomic mass is 32.2. The third kappa shape index (κ3) is 6.03. The first-order chi connectivity index (χ1) is 13.6. The summed E-state index contributed by atoms with van der Waals surface area (Å²) >= 11 is 2.96. The van der Waals surface area contributed by atoms with E-state index in [2.05, 4.69) is 46.7 Å². The average molecular weight is 415 g/mol. The lowest BCUT2D eigenvalue weighted by atomic mass is 10.2. The molecular weight excluding hydrogens is 392 g/mol. The van der Waals surface area contributed by atoms with Crippen LogP contribution < -0.4 is 11.0 Å². The van der Waals surface area contributed by atoms with E-state index >= 15 is 0 Å². The van der Waals surface area contributed by atoms with E-state index < -0.39 is 0 Å². The van der Waals surface area contributed by atoms with Gasteiger partial charge in [0, 0.05) is 17.2 Å². The van der Waals surface area contributed by atoms with Crippen LogP contribution in [0.25, 0.3) is 0 Å². The zero-order valence-corrected chi connectivity index (χ0v) is 17.2. The van der Waals surface area contributed by atoms with E-state index in [-0.39, 0.29) is 17.3 Å². The molecule has 0 aliphatic carbocycles. The number of nitrogens with zero attached hydrogens (tertiary/aromatic N) is 2. The van der Waals surface area contributed by atoms with E-state index in [1.165, 1.54) is 22.2 Å². The van der Waals surface area contributed by atoms with Gasteiger partial charge >= 0.3 is 5.69 Å². The van der Waals surface area contributed by atoms with Gasteiger partial charge in [0.05, 0.1) is 12.3 Å². The van der Waals surface area contributed by atoms with E-state index in [1.54, 1.807) is 16.3 Å². The van der Waals surface area contributed by atoms with Crippen LogP contribution in [0.3, 0.4) is 0 Å². The van der Waals surface area contributed by atoms with Crippen LogP contribution in [-0.4, -0.2) is 38.7 Å². The number of aromatic amines is 1. The second-order valence-electron chi connectivity index (χ2n) is 6.18. The molecule has 1 heterocycles. The molecule has 3 aromatic rings. The molecule has 0 aliphatic rings. The summed E-state index contributed by atoms with van der Waals surface area (Å²) in [5.41, 5.74) is 1.96. The van der Waals surface area contributed by atoms with Gasteiger partial charge in [0.15, 0.2) is 5.16 Å². The minimum atomic E-state index is -0.277. The van der Waals surface area contributed by atoms with Crippen LogP contribution in [0.1, 0.15) is 11.1 Å². The molecule has 0 radical (unpaired) electrons. The van der Waals surface area contributed by atoms with E-state index in [9.17, 15) is 9.59 Å². The monoisotopic (exact) mass is 414 g/mol. The molecule has 2 N–H and O–H groups in total. The lowest BCUT2D eigenvalue weighted by Crippen LogP contribution is -2.27. The Bertz CT molecular complexity index is 952. The molecule has 1 amide bonds. The van der Waals surface area contributed by atoms with Crippen molar-refractivity contribution < 1.29 is 4.79 Å². The van der Waals surface area contributed by atoms with Gasteiger partial charge in [-0.1, -0.05) is 59.8 Å². The predicted octanol–water partition coefficient (Wildman–Crippen LogP) is 2.93. The van der Waals surface area contributed by atoms with E-state index in [1.807, 2.05) is 30.3 Å². The number of H-pyrrole nitrogens is 1. The number of nitrogens with one attached hydrogen (secondary N) is 2. The summed E-state index contributed by atoms with van der Waals surface area (Å²) in [6, 6.07) is 18.0. The summed E-state index contributed by atoms with van der Waals surface area (Å²) in [5.74, 6) is 0.950. The van der Waals surface area contributed by atoms with Crippen molar-refractivity contribution in [1.82, 2.24) is 20.1 Å². The summed E-state index contributed by atoms with van der Waals surface area (Å²) < 4.78 is 1.54. The largest absolute Gasteiger partial charge is 0.355 e. The van der Waals surface area contributed by atoms with Gasteiger partial charge < -0.3 is 5.32 Å². The Hall–Kier alpha value is -2.45. The van der Waals surface area contributed by atoms with Crippen molar-refractivity contribution in [2.45, 2.75) is 23.5 Å². The first-order valence-electron chi connectivity index (χ1n) is 8.90. The standard InChI is InChI=1S/C20H22N4O2S2/c1-15-7-9-17(10-8-15)27-12-11-21-18(25)14-28-20-23-22-19(26)24(20)13-16-5-3-2-4-6-16/h2-10H,11-14H2,1H3,(H,21,25)(H,22,26).